The van der Waals surface area contributed by atoms with E-state index in [1.54, 1.807) is 0 Å². The van der Waals surface area contributed by atoms with Gasteiger partial charge in [0, 0.05) is 19.7 Å². The lowest BCUT2D eigenvalue weighted by atomic mass is 10.2. The zero-order chi connectivity index (χ0) is 9.23. The molecule has 0 aromatic rings. The van der Waals surface area contributed by atoms with Crippen LogP contribution in [0.4, 0.5) is 4.79 Å². The number of carbonyl (C=O) groups excluding carboxylic acids is 1. The van der Waals surface area contributed by atoms with Gasteiger partial charge in [-0.1, -0.05) is 0 Å². The van der Waals surface area contributed by atoms with Crippen LogP contribution in [0.15, 0.2) is 0 Å². The fraction of sp³-hybridized carbons (Fsp3) is 0.875. The van der Waals surface area contributed by atoms with Crippen LogP contribution in [0.25, 0.3) is 0 Å². The molecule has 0 radical (unpaired) electrons. The molecule has 12 heavy (non-hydrogen) atoms. The van der Waals surface area contributed by atoms with E-state index in [2.05, 4.69) is 10.6 Å². The van der Waals surface area contributed by atoms with Crippen molar-refractivity contribution in [3.05, 3.63) is 0 Å². The Morgan fingerprint density at radius 1 is 1.25 bits per heavy atom. The molecule has 0 fully saturated rings. The van der Waals surface area contributed by atoms with Gasteiger partial charge in [0.05, 0.1) is 0 Å². The molecular weight excluding hydrogens is 156 g/mol. The maximum absolute atomic E-state index is 10.8. The third kappa shape index (κ3) is 7.34. The molecule has 0 aliphatic rings. The van der Waals surface area contributed by atoms with Crippen molar-refractivity contribution in [1.82, 2.24) is 10.6 Å². The Balaban J connectivity index is 3.03. The lowest BCUT2D eigenvalue weighted by molar-refractivity contribution is 0.241. The van der Waals surface area contributed by atoms with E-state index >= 15 is 0 Å². The average molecular weight is 174 g/mol. The van der Waals surface area contributed by atoms with E-state index in [1.807, 2.05) is 6.92 Å². The second kappa shape index (κ2) is 8.33. The second-order valence-electron chi connectivity index (χ2n) is 2.57. The fourth-order valence-corrected chi connectivity index (χ4v) is 0.839. The summed E-state index contributed by atoms with van der Waals surface area (Å²) in [5, 5.41) is 13.8. The summed E-state index contributed by atoms with van der Waals surface area (Å²) in [5.74, 6) is 0. The average Bonchev–Trinajstić information content (AvgIpc) is 2.05. The zero-order valence-corrected chi connectivity index (χ0v) is 7.60. The Morgan fingerprint density at radius 2 is 2.00 bits per heavy atom. The van der Waals surface area contributed by atoms with Crippen molar-refractivity contribution in [3.63, 3.8) is 0 Å². The van der Waals surface area contributed by atoms with E-state index in [1.165, 1.54) is 0 Å². The Bertz CT molecular complexity index is 118. The third-order valence-electron chi connectivity index (χ3n) is 1.46. The molecule has 0 saturated carbocycles. The molecule has 72 valence electrons. The molecule has 0 aliphatic heterocycles. The molecule has 0 heterocycles. The Morgan fingerprint density at radius 3 is 2.58 bits per heavy atom. The largest absolute Gasteiger partial charge is 0.396 e. The van der Waals surface area contributed by atoms with Crippen LogP contribution in [0.1, 0.15) is 26.2 Å². The second-order valence-corrected chi connectivity index (χ2v) is 2.57. The van der Waals surface area contributed by atoms with Crippen molar-refractivity contribution in [3.8, 4) is 0 Å². The number of hydrogen-bond donors (Lipinski definition) is 3. The standard InChI is InChI=1S/C8H18N2O2/c1-2-9-8(12)10-6-4-3-5-7-11/h11H,2-7H2,1H3,(H2,9,10,12). The van der Waals surface area contributed by atoms with Crippen LogP contribution in [0.5, 0.6) is 0 Å². The Labute approximate surface area is 73.3 Å². The minimum Gasteiger partial charge on any atom is -0.396 e. The van der Waals surface area contributed by atoms with E-state index in [9.17, 15) is 4.79 Å². The molecule has 0 unspecified atom stereocenters. The van der Waals surface area contributed by atoms with Gasteiger partial charge in [-0.25, -0.2) is 4.79 Å². The van der Waals surface area contributed by atoms with Gasteiger partial charge in [0.25, 0.3) is 0 Å². The van der Waals surface area contributed by atoms with Crippen molar-refractivity contribution in [1.29, 1.82) is 0 Å². The molecule has 0 aromatic carbocycles. The number of hydrogen-bond acceptors (Lipinski definition) is 2. The van der Waals surface area contributed by atoms with Crippen LogP contribution in [-0.2, 0) is 0 Å². The van der Waals surface area contributed by atoms with E-state index in [4.69, 9.17) is 5.11 Å². The van der Waals surface area contributed by atoms with Gasteiger partial charge in [-0.3, -0.25) is 0 Å². The summed E-state index contributed by atoms with van der Waals surface area (Å²) in [7, 11) is 0. The topological polar surface area (TPSA) is 61.4 Å². The van der Waals surface area contributed by atoms with Crippen LogP contribution >= 0.6 is 0 Å². The highest BCUT2D eigenvalue weighted by atomic mass is 16.2. The Hall–Kier alpha value is -0.770. The first-order chi connectivity index (χ1) is 5.81. The Kier molecular flexibility index (Phi) is 7.79. The summed E-state index contributed by atoms with van der Waals surface area (Å²) in [6, 6.07) is -0.110. The number of rotatable bonds is 6. The van der Waals surface area contributed by atoms with Crippen LogP contribution in [-0.4, -0.2) is 30.8 Å². The van der Waals surface area contributed by atoms with Gasteiger partial charge >= 0.3 is 6.03 Å². The molecule has 0 aromatic heterocycles. The molecule has 0 bridgehead atoms. The first-order valence-corrected chi connectivity index (χ1v) is 4.43. The van der Waals surface area contributed by atoms with Crippen molar-refractivity contribution in [2.45, 2.75) is 26.2 Å². The summed E-state index contributed by atoms with van der Waals surface area (Å²) in [6.07, 6.45) is 2.71. The normalized spacial score (nSPS) is 9.50. The van der Waals surface area contributed by atoms with Crippen LogP contribution in [0, 0.1) is 0 Å². The highest BCUT2D eigenvalue weighted by Gasteiger charge is 1.94. The summed E-state index contributed by atoms with van der Waals surface area (Å²) < 4.78 is 0. The molecule has 0 atom stereocenters. The number of aliphatic hydroxyl groups excluding tert-OH is 1. The summed E-state index contributed by atoms with van der Waals surface area (Å²) in [5.41, 5.74) is 0. The number of aliphatic hydroxyl groups is 1. The highest BCUT2D eigenvalue weighted by molar-refractivity contribution is 5.73. The van der Waals surface area contributed by atoms with Gasteiger partial charge in [-0.15, -0.1) is 0 Å². The van der Waals surface area contributed by atoms with Gasteiger partial charge in [0.2, 0.25) is 0 Å². The van der Waals surface area contributed by atoms with Gasteiger partial charge in [0.1, 0.15) is 0 Å². The lowest BCUT2D eigenvalue weighted by Gasteiger charge is -2.04. The van der Waals surface area contributed by atoms with Gasteiger partial charge in [-0.2, -0.15) is 0 Å². The van der Waals surface area contributed by atoms with Gasteiger partial charge < -0.3 is 15.7 Å². The van der Waals surface area contributed by atoms with Gasteiger partial charge in [-0.05, 0) is 26.2 Å². The molecular formula is C8H18N2O2. The summed E-state index contributed by atoms with van der Waals surface area (Å²) in [4.78, 5) is 10.8. The zero-order valence-electron chi connectivity index (χ0n) is 7.60. The SMILES string of the molecule is CCNC(=O)NCCCCCO. The minimum absolute atomic E-state index is 0.110. The molecule has 0 saturated heterocycles. The van der Waals surface area contributed by atoms with Crippen molar-refractivity contribution < 1.29 is 9.90 Å². The van der Waals surface area contributed by atoms with Crippen molar-refractivity contribution >= 4 is 6.03 Å². The van der Waals surface area contributed by atoms with Crippen LogP contribution in [0.3, 0.4) is 0 Å². The first kappa shape index (κ1) is 11.2. The highest BCUT2D eigenvalue weighted by Crippen LogP contribution is 1.91. The maximum atomic E-state index is 10.8. The van der Waals surface area contributed by atoms with Gasteiger partial charge in [0.15, 0.2) is 0 Å². The van der Waals surface area contributed by atoms with E-state index in [0.717, 1.165) is 19.3 Å². The molecule has 3 N–H and O–H groups in total. The monoisotopic (exact) mass is 174 g/mol. The lowest BCUT2D eigenvalue weighted by Crippen LogP contribution is -2.35. The van der Waals surface area contributed by atoms with Crippen molar-refractivity contribution in [2.24, 2.45) is 0 Å². The number of carbonyl (C=O) groups is 1. The van der Waals surface area contributed by atoms with E-state index in [-0.39, 0.29) is 12.6 Å². The van der Waals surface area contributed by atoms with Crippen LogP contribution < -0.4 is 10.6 Å². The number of urea groups is 1. The molecule has 0 spiro atoms. The quantitative estimate of drug-likeness (QED) is 0.512. The molecule has 4 heteroatoms. The van der Waals surface area contributed by atoms with Crippen molar-refractivity contribution in [2.75, 3.05) is 19.7 Å². The summed E-state index contributed by atoms with van der Waals surface area (Å²) in [6.45, 7) is 3.46. The predicted octanol–water partition coefficient (Wildman–Crippen LogP) is 0.468. The third-order valence-corrected chi connectivity index (χ3v) is 1.46. The fourth-order valence-electron chi connectivity index (χ4n) is 0.839. The molecule has 0 rings (SSSR count). The molecule has 2 amide bonds. The molecule has 4 nitrogen and oxygen atoms in total. The smallest absolute Gasteiger partial charge is 0.314 e. The number of nitrogens with one attached hydrogen (secondary N) is 2. The summed E-state index contributed by atoms with van der Waals surface area (Å²) >= 11 is 0. The van der Waals surface area contributed by atoms with Crippen LogP contribution in [0.2, 0.25) is 0 Å². The molecule has 0 aliphatic carbocycles. The van der Waals surface area contributed by atoms with E-state index < -0.39 is 0 Å². The van der Waals surface area contributed by atoms with E-state index in [0.29, 0.717) is 13.1 Å². The minimum atomic E-state index is -0.110. The number of amides is 2. The maximum Gasteiger partial charge on any atom is 0.314 e. The first-order valence-electron chi connectivity index (χ1n) is 4.43. The predicted molar refractivity (Wildman–Crippen MR) is 48.0 cm³/mol. The number of unbranched alkanes of at least 4 members (excludes halogenated alkanes) is 2.